The van der Waals surface area contributed by atoms with Crippen molar-refractivity contribution in [2.24, 2.45) is 11.3 Å². The molecule has 0 spiro atoms. The van der Waals surface area contributed by atoms with Crippen LogP contribution in [-0.2, 0) is 12.8 Å². The lowest BCUT2D eigenvalue weighted by atomic mass is 9.71. The van der Waals surface area contributed by atoms with E-state index in [1.807, 2.05) is 24.3 Å². The van der Waals surface area contributed by atoms with Crippen LogP contribution in [0, 0.1) is 11.3 Å². The molecule has 2 N–H and O–H groups in total. The van der Waals surface area contributed by atoms with Crippen LogP contribution in [0.3, 0.4) is 0 Å². The summed E-state index contributed by atoms with van der Waals surface area (Å²) in [6, 6.07) is 11.5. The van der Waals surface area contributed by atoms with Gasteiger partial charge in [0.05, 0.1) is 16.7 Å². The van der Waals surface area contributed by atoms with Crippen molar-refractivity contribution in [3.05, 3.63) is 63.9 Å². The summed E-state index contributed by atoms with van der Waals surface area (Å²) in [5.74, 6) is 0.681. The van der Waals surface area contributed by atoms with Gasteiger partial charge >= 0.3 is 0 Å². The van der Waals surface area contributed by atoms with Crippen molar-refractivity contribution >= 4 is 22.6 Å². The van der Waals surface area contributed by atoms with Gasteiger partial charge in [-0.05, 0) is 66.0 Å². The number of nitrogens with zero attached hydrogens (tertiary/aromatic N) is 1. The molecule has 0 aliphatic heterocycles. The fourth-order valence-electron chi connectivity index (χ4n) is 3.97. The summed E-state index contributed by atoms with van der Waals surface area (Å²) in [7, 11) is 0. The normalized spacial score (nSPS) is 18.7. The van der Waals surface area contributed by atoms with Gasteiger partial charge in [-0.1, -0.05) is 44.5 Å². The maximum atomic E-state index is 10.7. The van der Waals surface area contributed by atoms with Gasteiger partial charge in [0.1, 0.15) is 6.10 Å². The number of H-pyrrole nitrogens is 1. The zero-order valence-corrected chi connectivity index (χ0v) is 16.3. The lowest BCUT2D eigenvalue weighted by molar-refractivity contribution is 0.215. The van der Waals surface area contributed by atoms with Crippen LogP contribution in [0.5, 0.6) is 0 Å². The maximum absolute atomic E-state index is 10.7. The molecule has 4 heteroatoms. The minimum absolute atomic E-state index is 0.316. The Kier molecular flexibility index (Phi) is 4.32. The lowest BCUT2D eigenvalue weighted by Crippen LogP contribution is -2.27. The molecule has 0 saturated heterocycles. The van der Waals surface area contributed by atoms with E-state index < -0.39 is 6.10 Å². The Morgan fingerprint density at radius 3 is 2.77 bits per heavy atom. The number of aliphatic hydroxyl groups excluding tert-OH is 1. The van der Waals surface area contributed by atoms with Gasteiger partial charge in [0.15, 0.2) is 0 Å². The first-order valence-corrected chi connectivity index (χ1v) is 9.64. The maximum Gasteiger partial charge on any atom is 0.119 e. The highest BCUT2D eigenvalue weighted by Crippen LogP contribution is 2.38. The topological polar surface area (TPSA) is 48.9 Å². The molecule has 0 saturated carbocycles. The third-order valence-corrected chi connectivity index (χ3v) is 5.91. The summed E-state index contributed by atoms with van der Waals surface area (Å²) >= 11 is 6.06. The average molecular weight is 369 g/mol. The minimum Gasteiger partial charge on any atom is -0.382 e. The summed E-state index contributed by atoms with van der Waals surface area (Å²) in [5.41, 5.74) is 6.32. The van der Waals surface area contributed by atoms with E-state index in [2.05, 4.69) is 31.8 Å². The summed E-state index contributed by atoms with van der Waals surface area (Å²) < 4.78 is 0. The monoisotopic (exact) mass is 368 g/mol. The first-order valence-electron chi connectivity index (χ1n) is 9.26. The van der Waals surface area contributed by atoms with Crippen LogP contribution in [0.15, 0.2) is 36.4 Å². The van der Waals surface area contributed by atoms with Gasteiger partial charge in [0.25, 0.3) is 0 Å². The van der Waals surface area contributed by atoms with E-state index in [9.17, 15) is 5.11 Å². The predicted octanol–water partition coefficient (Wildman–Crippen LogP) is 5.45. The summed E-state index contributed by atoms with van der Waals surface area (Å²) in [6.07, 6.45) is 2.57. The summed E-state index contributed by atoms with van der Waals surface area (Å²) in [4.78, 5) is 8.24. The molecular weight excluding hydrogens is 344 g/mol. The van der Waals surface area contributed by atoms with Crippen molar-refractivity contribution in [3.8, 4) is 0 Å². The van der Waals surface area contributed by atoms with Gasteiger partial charge < -0.3 is 10.1 Å². The van der Waals surface area contributed by atoms with Gasteiger partial charge in [0.2, 0.25) is 0 Å². The lowest BCUT2D eigenvalue weighted by Gasteiger charge is -2.34. The molecule has 0 amide bonds. The molecule has 3 aromatic rings. The van der Waals surface area contributed by atoms with E-state index in [0.29, 0.717) is 16.4 Å². The fraction of sp³-hybridized carbons (Fsp3) is 0.409. The molecule has 0 bridgehead atoms. The molecule has 26 heavy (non-hydrogen) atoms. The van der Waals surface area contributed by atoms with Gasteiger partial charge in [-0.25, -0.2) is 0 Å². The summed E-state index contributed by atoms with van der Waals surface area (Å²) in [5, 5.41) is 11.3. The average Bonchev–Trinajstić information content (AvgIpc) is 3.00. The number of hydrogen-bond donors (Lipinski definition) is 2. The van der Waals surface area contributed by atoms with Crippen LogP contribution in [0.2, 0.25) is 5.02 Å². The number of benzene rings is 1. The fourth-order valence-corrected chi connectivity index (χ4v) is 4.17. The molecule has 0 radical (unpaired) electrons. The molecule has 1 aliphatic carbocycles. The number of aliphatic hydroxyl groups is 1. The highest BCUT2D eigenvalue weighted by atomic mass is 35.5. The molecule has 2 atom stereocenters. The second-order valence-electron chi connectivity index (χ2n) is 8.51. The van der Waals surface area contributed by atoms with Crippen molar-refractivity contribution in [2.45, 2.75) is 46.1 Å². The zero-order valence-electron chi connectivity index (χ0n) is 15.5. The Morgan fingerprint density at radius 2 is 2.04 bits per heavy atom. The highest BCUT2D eigenvalue weighted by Gasteiger charge is 2.29. The van der Waals surface area contributed by atoms with Crippen LogP contribution in [-0.4, -0.2) is 15.1 Å². The number of fused-ring (bicyclic) bond motifs is 2. The smallest absolute Gasteiger partial charge is 0.119 e. The molecule has 0 fully saturated rings. The molecule has 2 aromatic heterocycles. The molecule has 4 rings (SSSR count). The third kappa shape index (κ3) is 3.26. The quantitative estimate of drug-likeness (QED) is 0.631. The van der Waals surface area contributed by atoms with E-state index in [-0.39, 0.29) is 0 Å². The SMILES string of the molecule is CC(C)(C)C1CCc2nc3cc(C(O)c4cccc(Cl)c4)[nH]c3cc2C1. The first kappa shape index (κ1) is 17.6. The Bertz CT molecular complexity index is 954. The number of aryl methyl sites for hydroxylation is 1. The molecule has 136 valence electrons. The standard InChI is InChI=1S/C22H25ClN2O/c1-22(2,3)15-7-8-17-14(9-15)11-18-19(24-17)12-20(25-18)21(26)13-5-4-6-16(23)10-13/h4-6,10-12,15,21,25-26H,7-9H2,1-3H3. The molecule has 2 heterocycles. The van der Waals surface area contributed by atoms with Crippen molar-refractivity contribution in [2.75, 3.05) is 0 Å². The Balaban J connectivity index is 1.68. The van der Waals surface area contributed by atoms with E-state index in [1.165, 1.54) is 17.7 Å². The number of nitrogens with one attached hydrogen (secondary N) is 1. The number of halogens is 1. The van der Waals surface area contributed by atoms with Crippen molar-refractivity contribution in [3.63, 3.8) is 0 Å². The predicted molar refractivity (Wildman–Crippen MR) is 107 cm³/mol. The molecular formula is C22H25ClN2O. The number of hydrogen-bond acceptors (Lipinski definition) is 2. The van der Waals surface area contributed by atoms with E-state index in [4.69, 9.17) is 16.6 Å². The Labute approximate surface area is 159 Å². The van der Waals surface area contributed by atoms with Crippen molar-refractivity contribution < 1.29 is 5.11 Å². The van der Waals surface area contributed by atoms with Gasteiger partial charge in [-0.15, -0.1) is 0 Å². The largest absolute Gasteiger partial charge is 0.382 e. The first-order chi connectivity index (χ1) is 12.3. The second-order valence-corrected chi connectivity index (χ2v) is 8.95. The molecule has 2 unspecified atom stereocenters. The Morgan fingerprint density at radius 1 is 1.23 bits per heavy atom. The van der Waals surface area contributed by atoms with Gasteiger partial charge in [-0.3, -0.25) is 4.98 Å². The van der Waals surface area contributed by atoms with E-state index in [1.54, 1.807) is 6.07 Å². The van der Waals surface area contributed by atoms with Crippen LogP contribution in [0.25, 0.3) is 11.0 Å². The second kappa shape index (κ2) is 6.40. The van der Waals surface area contributed by atoms with Crippen LogP contribution in [0.1, 0.15) is 55.8 Å². The van der Waals surface area contributed by atoms with Crippen LogP contribution in [0.4, 0.5) is 0 Å². The Hall–Kier alpha value is -1.84. The number of aromatic nitrogens is 2. The van der Waals surface area contributed by atoms with Crippen molar-refractivity contribution in [1.82, 2.24) is 9.97 Å². The third-order valence-electron chi connectivity index (χ3n) is 5.67. The van der Waals surface area contributed by atoms with Gasteiger partial charge in [-0.2, -0.15) is 0 Å². The van der Waals surface area contributed by atoms with Crippen LogP contribution < -0.4 is 0 Å². The highest BCUT2D eigenvalue weighted by molar-refractivity contribution is 6.30. The van der Waals surface area contributed by atoms with Gasteiger partial charge in [0, 0.05) is 10.7 Å². The van der Waals surface area contributed by atoms with Crippen LogP contribution >= 0.6 is 11.6 Å². The zero-order chi connectivity index (χ0) is 18.5. The summed E-state index contributed by atoms with van der Waals surface area (Å²) in [6.45, 7) is 6.97. The van der Waals surface area contributed by atoms with Crippen molar-refractivity contribution in [1.29, 1.82) is 0 Å². The molecule has 3 nitrogen and oxygen atoms in total. The number of aromatic amines is 1. The minimum atomic E-state index is -0.734. The van der Waals surface area contributed by atoms with E-state index in [0.717, 1.165) is 35.1 Å². The number of pyridine rings is 1. The number of rotatable bonds is 2. The van der Waals surface area contributed by atoms with E-state index >= 15 is 0 Å². The molecule has 1 aliphatic rings. The molecule has 1 aromatic carbocycles.